The van der Waals surface area contributed by atoms with Crippen LogP contribution < -0.4 is 0 Å². The topological polar surface area (TPSA) is 56.7 Å². The van der Waals surface area contributed by atoms with E-state index in [4.69, 9.17) is 16.0 Å². The number of rotatable bonds is 5. The third-order valence-corrected chi connectivity index (χ3v) is 6.37. The van der Waals surface area contributed by atoms with Crippen molar-refractivity contribution in [3.63, 3.8) is 0 Å². The molecule has 7 heteroatoms. The average molecular weight is 413 g/mol. The van der Waals surface area contributed by atoms with Crippen LogP contribution in [0, 0.1) is 20.8 Å². The molecule has 0 saturated carbocycles. The van der Waals surface area contributed by atoms with Crippen LogP contribution in [0.1, 0.15) is 29.4 Å². The van der Waals surface area contributed by atoms with Crippen LogP contribution in [-0.2, 0) is 12.3 Å². The number of hydrogen-bond donors (Lipinski definition) is 0. The molecule has 0 spiro atoms. The quantitative estimate of drug-likeness (QED) is 0.298. The Labute approximate surface area is 173 Å². The second-order valence-corrected chi connectivity index (χ2v) is 8.05. The lowest BCUT2D eigenvalue weighted by Gasteiger charge is -2.10. The van der Waals surface area contributed by atoms with Crippen LogP contribution >= 0.6 is 23.4 Å². The first-order valence-corrected chi connectivity index (χ1v) is 10.5. The van der Waals surface area contributed by atoms with Crippen molar-refractivity contribution in [3.05, 3.63) is 58.1 Å². The standard InChI is InChI=1S/C21H21ClN4OS/c1-5-26-20(17-8-9-27-14(17)4)24-25-21(26)28-11-16-10-15-7-6-12(2)13(3)18(15)23-19(16)22/h6-10H,5,11H2,1-4H3. The Bertz CT molecular complexity index is 1160. The molecule has 0 amide bonds. The normalized spacial score (nSPS) is 11.5. The van der Waals surface area contributed by atoms with Crippen LogP contribution in [0.2, 0.25) is 5.15 Å². The van der Waals surface area contributed by atoms with Crippen molar-refractivity contribution in [2.75, 3.05) is 0 Å². The summed E-state index contributed by atoms with van der Waals surface area (Å²) < 4.78 is 7.51. The van der Waals surface area contributed by atoms with Crippen molar-refractivity contribution in [2.24, 2.45) is 0 Å². The highest BCUT2D eigenvalue weighted by molar-refractivity contribution is 7.98. The summed E-state index contributed by atoms with van der Waals surface area (Å²) in [6.45, 7) is 8.96. The van der Waals surface area contributed by atoms with Gasteiger partial charge in [-0.3, -0.25) is 0 Å². The number of fused-ring (bicyclic) bond motifs is 1. The highest BCUT2D eigenvalue weighted by Gasteiger charge is 2.17. The van der Waals surface area contributed by atoms with E-state index in [-0.39, 0.29) is 0 Å². The summed E-state index contributed by atoms with van der Waals surface area (Å²) in [6, 6.07) is 8.27. The van der Waals surface area contributed by atoms with E-state index in [1.54, 1.807) is 18.0 Å². The molecular weight excluding hydrogens is 392 g/mol. The number of hydrogen-bond acceptors (Lipinski definition) is 5. The minimum absolute atomic E-state index is 0.544. The van der Waals surface area contributed by atoms with Gasteiger partial charge in [-0.25, -0.2) is 4.98 Å². The van der Waals surface area contributed by atoms with E-state index < -0.39 is 0 Å². The Morgan fingerprint density at radius 3 is 2.68 bits per heavy atom. The number of thioether (sulfide) groups is 1. The Kier molecular flexibility index (Phi) is 5.17. The largest absolute Gasteiger partial charge is 0.469 e. The predicted molar refractivity (Wildman–Crippen MR) is 114 cm³/mol. The number of pyridine rings is 1. The first kappa shape index (κ1) is 19.0. The fourth-order valence-electron chi connectivity index (χ4n) is 3.24. The maximum Gasteiger partial charge on any atom is 0.191 e. The van der Waals surface area contributed by atoms with Crippen molar-refractivity contribution in [1.29, 1.82) is 0 Å². The molecule has 1 aromatic carbocycles. The highest BCUT2D eigenvalue weighted by Crippen LogP contribution is 2.31. The maximum atomic E-state index is 6.49. The zero-order valence-electron chi connectivity index (χ0n) is 16.3. The zero-order valence-corrected chi connectivity index (χ0v) is 17.9. The SMILES string of the molecule is CCn1c(SCc2cc3ccc(C)c(C)c3nc2Cl)nnc1-c1ccoc1C. The summed E-state index contributed by atoms with van der Waals surface area (Å²) in [5.41, 5.74) is 5.32. The van der Waals surface area contributed by atoms with Gasteiger partial charge in [0.05, 0.1) is 17.3 Å². The van der Waals surface area contributed by atoms with E-state index in [0.717, 1.165) is 45.3 Å². The molecule has 4 aromatic rings. The van der Waals surface area contributed by atoms with Crippen LogP contribution in [0.15, 0.2) is 40.1 Å². The van der Waals surface area contributed by atoms with Gasteiger partial charge in [0, 0.05) is 23.2 Å². The molecule has 4 rings (SSSR count). The minimum atomic E-state index is 0.544. The van der Waals surface area contributed by atoms with E-state index in [1.807, 2.05) is 13.0 Å². The number of benzene rings is 1. The number of aryl methyl sites for hydroxylation is 3. The van der Waals surface area contributed by atoms with Gasteiger partial charge in [-0.05, 0) is 51.0 Å². The van der Waals surface area contributed by atoms with Gasteiger partial charge in [-0.15, -0.1) is 10.2 Å². The van der Waals surface area contributed by atoms with Crippen molar-refractivity contribution in [3.8, 4) is 11.4 Å². The first-order chi connectivity index (χ1) is 13.5. The molecule has 3 heterocycles. The van der Waals surface area contributed by atoms with Crippen LogP contribution in [0.5, 0.6) is 0 Å². The van der Waals surface area contributed by atoms with Gasteiger partial charge in [0.2, 0.25) is 0 Å². The molecule has 0 N–H and O–H groups in total. The second-order valence-electron chi connectivity index (χ2n) is 6.75. The number of furan rings is 1. The predicted octanol–water partition coefficient (Wildman–Crippen LogP) is 5.98. The molecule has 0 aliphatic carbocycles. The molecule has 28 heavy (non-hydrogen) atoms. The molecular formula is C21H21ClN4OS. The molecule has 0 unspecified atom stereocenters. The Morgan fingerprint density at radius 2 is 1.96 bits per heavy atom. The van der Waals surface area contributed by atoms with E-state index in [2.05, 4.69) is 58.7 Å². The molecule has 0 aliphatic rings. The van der Waals surface area contributed by atoms with Crippen molar-refractivity contribution < 1.29 is 4.42 Å². The van der Waals surface area contributed by atoms with Crippen LogP contribution in [-0.4, -0.2) is 19.7 Å². The summed E-state index contributed by atoms with van der Waals surface area (Å²) in [5, 5.41) is 11.3. The van der Waals surface area contributed by atoms with Crippen LogP contribution in [0.25, 0.3) is 22.3 Å². The lowest BCUT2D eigenvalue weighted by atomic mass is 10.0. The summed E-state index contributed by atoms with van der Waals surface area (Å²) in [4.78, 5) is 4.65. The molecule has 0 bridgehead atoms. The smallest absolute Gasteiger partial charge is 0.191 e. The Morgan fingerprint density at radius 1 is 1.14 bits per heavy atom. The van der Waals surface area contributed by atoms with Gasteiger partial charge in [0.15, 0.2) is 11.0 Å². The monoisotopic (exact) mass is 412 g/mol. The van der Waals surface area contributed by atoms with Crippen molar-refractivity contribution >= 4 is 34.3 Å². The molecule has 5 nitrogen and oxygen atoms in total. The van der Waals surface area contributed by atoms with Gasteiger partial charge in [-0.1, -0.05) is 35.5 Å². The Balaban J connectivity index is 1.63. The molecule has 0 saturated heterocycles. The van der Waals surface area contributed by atoms with Gasteiger partial charge >= 0.3 is 0 Å². The lowest BCUT2D eigenvalue weighted by molar-refractivity contribution is 0.534. The summed E-state index contributed by atoms with van der Waals surface area (Å²) in [6.07, 6.45) is 1.68. The second kappa shape index (κ2) is 7.60. The average Bonchev–Trinajstić information content (AvgIpc) is 3.29. The number of nitrogens with zero attached hydrogens (tertiary/aromatic N) is 4. The van der Waals surface area contributed by atoms with Crippen LogP contribution in [0.4, 0.5) is 0 Å². The summed E-state index contributed by atoms with van der Waals surface area (Å²) in [5.74, 6) is 2.34. The molecule has 0 fully saturated rings. The van der Waals surface area contributed by atoms with Gasteiger partial charge in [0.25, 0.3) is 0 Å². The molecule has 0 aliphatic heterocycles. The fourth-order valence-corrected chi connectivity index (χ4v) is 4.50. The summed E-state index contributed by atoms with van der Waals surface area (Å²) >= 11 is 8.11. The molecule has 0 atom stereocenters. The van der Waals surface area contributed by atoms with E-state index in [1.165, 1.54) is 11.1 Å². The molecule has 0 radical (unpaired) electrons. The Hall–Kier alpha value is -2.31. The number of aromatic nitrogens is 4. The van der Waals surface area contributed by atoms with E-state index in [9.17, 15) is 0 Å². The molecule has 144 valence electrons. The first-order valence-electron chi connectivity index (χ1n) is 9.15. The van der Waals surface area contributed by atoms with Crippen molar-refractivity contribution in [2.45, 2.75) is 45.1 Å². The minimum Gasteiger partial charge on any atom is -0.469 e. The highest BCUT2D eigenvalue weighted by atomic mass is 35.5. The third kappa shape index (κ3) is 3.31. The zero-order chi connectivity index (χ0) is 19.8. The van der Waals surface area contributed by atoms with Gasteiger partial charge < -0.3 is 8.98 Å². The lowest BCUT2D eigenvalue weighted by Crippen LogP contribution is -2.00. The number of halogens is 1. The summed E-state index contributed by atoms with van der Waals surface area (Å²) in [7, 11) is 0. The molecule has 3 aromatic heterocycles. The van der Waals surface area contributed by atoms with Gasteiger partial charge in [0.1, 0.15) is 10.9 Å². The van der Waals surface area contributed by atoms with Crippen molar-refractivity contribution in [1.82, 2.24) is 19.7 Å². The van der Waals surface area contributed by atoms with Crippen LogP contribution in [0.3, 0.4) is 0 Å². The fraction of sp³-hybridized carbons (Fsp3) is 0.286. The van der Waals surface area contributed by atoms with E-state index >= 15 is 0 Å². The maximum absolute atomic E-state index is 6.49. The third-order valence-electron chi connectivity index (χ3n) is 5.03. The van der Waals surface area contributed by atoms with Gasteiger partial charge in [-0.2, -0.15) is 0 Å². The van der Waals surface area contributed by atoms with E-state index in [0.29, 0.717) is 10.9 Å².